The summed E-state index contributed by atoms with van der Waals surface area (Å²) in [6, 6.07) is 13.1. The Morgan fingerprint density at radius 3 is 2.23 bits per heavy atom. The van der Waals surface area contributed by atoms with Gasteiger partial charge < -0.3 is 15.5 Å². The Morgan fingerprint density at radius 1 is 1.03 bits per heavy atom. The number of nitrogens with zero attached hydrogens (tertiary/aromatic N) is 2. The number of fused-ring (bicyclic) bond motifs is 1. The van der Waals surface area contributed by atoms with Crippen molar-refractivity contribution in [3.63, 3.8) is 0 Å². The van der Waals surface area contributed by atoms with Crippen LogP contribution < -0.4 is 10.6 Å². The topological polar surface area (TPSA) is 56.7 Å². The van der Waals surface area contributed by atoms with Crippen LogP contribution in [0.25, 0.3) is 0 Å². The van der Waals surface area contributed by atoms with E-state index in [9.17, 15) is 18.0 Å². The number of hydrogen-bond donors (Lipinski definition) is 2. The zero-order valence-electron chi connectivity index (χ0n) is 16.8. The van der Waals surface area contributed by atoms with E-state index in [1.54, 1.807) is 7.05 Å². The molecule has 0 saturated heterocycles. The summed E-state index contributed by atoms with van der Waals surface area (Å²) in [6.45, 7) is 2.25. The van der Waals surface area contributed by atoms with Crippen molar-refractivity contribution in [3.8, 4) is 0 Å². The van der Waals surface area contributed by atoms with Gasteiger partial charge >= 0.3 is 6.18 Å². The van der Waals surface area contributed by atoms with Crippen LogP contribution in [-0.4, -0.2) is 30.4 Å². The number of halogens is 3. The minimum absolute atomic E-state index is 0.126. The van der Waals surface area contributed by atoms with E-state index < -0.39 is 11.7 Å². The molecule has 0 fully saturated rings. The van der Waals surface area contributed by atoms with Crippen molar-refractivity contribution in [1.29, 1.82) is 0 Å². The van der Waals surface area contributed by atoms with Crippen LogP contribution in [0.2, 0.25) is 0 Å². The van der Waals surface area contributed by atoms with E-state index >= 15 is 0 Å². The maximum absolute atomic E-state index is 12.6. The van der Waals surface area contributed by atoms with E-state index in [2.05, 4.69) is 27.8 Å². The molecule has 0 spiro atoms. The zero-order valence-corrected chi connectivity index (χ0v) is 16.8. The van der Waals surface area contributed by atoms with Crippen LogP contribution in [-0.2, 0) is 30.6 Å². The van der Waals surface area contributed by atoms with Gasteiger partial charge in [0.1, 0.15) is 0 Å². The van der Waals surface area contributed by atoms with Crippen molar-refractivity contribution < 1.29 is 18.0 Å². The third kappa shape index (κ3) is 5.75. The van der Waals surface area contributed by atoms with Crippen molar-refractivity contribution in [3.05, 3.63) is 70.8 Å². The van der Waals surface area contributed by atoms with Crippen molar-refractivity contribution in [1.82, 2.24) is 15.5 Å². The number of rotatable bonds is 6. The number of nitrogens with one attached hydrogen (secondary N) is 2. The number of amides is 1. The van der Waals surface area contributed by atoms with Gasteiger partial charge in [-0.3, -0.25) is 9.79 Å². The first-order valence-electron chi connectivity index (χ1n) is 9.82. The molecule has 3 rings (SSSR count). The Labute approximate surface area is 174 Å². The molecule has 0 radical (unpaired) electrons. The molecule has 0 aliphatic carbocycles. The lowest BCUT2D eigenvalue weighted by Gasteiger charge is -2.16. The third-order valence-corrected chi connectivity index (χ3v) is 5.02. The van der Waals surface area contributed by atoms with Gasteiger partial charge in [-0.25, -0.2) is 0 Å². The van der Waals surface area contributed by atoms with E-state index in [0.717, 1.165) is 17.7 Å². The number of hydrogen-bond acceptors (Lipinski definition) is 2. The van der Waals surface area contributed by atoms with Gasteiger partial charge in [0.15, 0.2) is 5.96 Å². The molecule has 1 aliphatic rings. The number of guanidine groups is 1. The average molecular weight is 418 g/mol. The predicted octanol–water partition coefficient (Wildman–Crippen LogP) is 3.69. The van der Waals surface area contributed by atoms with Crippen LogP contribution in [0.15, 0.2) is 53.5 Å². The van der Waals surface area contributed by atoms with Crippen LogP contribution in [0.5, 0.6) is 0 Å². The quantitative estimate of drug-likeness (QED) is 0.427. The molecular weight excluding hydrogens is 393 g/mol. The van der Waals surface area contributed by atoms with Gasteiger partial charge in [0, 0.05) is 39.6 Å². The molecule has 30 heavy (non-hydrogen) atoms. The standard InChI is InChI=1S/C22H25F3N4O/c1-26-21(28-13-16-8-10-19(11-9-16)22(23,24)25)27-12-4-7-20(30)29-14-17-5-2-3-6-18(17)15-29/h2-3,5-6,8-11H,4,7,12-15H2,1H3,(H2,26,27,28). The first-order valence-corrected chi connectivity index (χ1v) is 9.82. The molecule has 2 aromatic carbocycles. The molecule has 0 aromatic heterocycles. The van der Waals surface area contributed by atoms with Gasteiger partial charge in [-0.15, -0.1) is 0 Å². The largest absolute Gasteiger partial charge is 0.416 e. The normalized spacial score (nSPS) is 13.9. The van der Waals surface area contributed by atoms with Crippen LogP contribution in [0.3, 0.4) is 0 Å². The lowest BCUT2D eigenvalue weighted by Crippen LogP contribution is -2.37. The van der Waals surface area contributed by atoms with E-state index in [1.807, 2.05) is 17.0 Å². The van der Waals surface area contributed by atoms with Crippen LogP contribution in [0.1, 0.15) is 35.1 Å². The summed E-state index contributed by atoms with van der Waals surface area (Å²) in [6.07, 6.45) is -3.23. The average Bonchev–Trinajstić information content (AvgIpc) is 3.17. The molecule has 8 heteroatoms. The summed E-state index contributed by atoms with van der Waals surface area (Å²) in [5.74, 6) is 0.664. The smallest absolute Gasteiger partial charge is 0.356 e. The molecule has 0 unspecified atom stereocenters. The van der Waals surface area contributed by atoms with Gasteiger partial charge in [-0.05, 0) is 35.2 Å². The summed E-state index contributed by atoms with van der Waals surface area (Å²) < 4.78 is 37.8. The van der Waals surface area contributed by atoms with E-state index in [1.165, 1.54) is 23.3 Å². The molecule has 0 bridgehead atoms. The Morgan fingerprint density at radius 2 is 1.67 bits per heavy atom. The van der Waals surface area contributed by atoms with Crippen LogP contribution in [0.4, 0.5) is 13.2 Å². The van der Waals surface area contributed by atoms with Crippen LogP contribution in [0, 0.1) is 0 Å². The lowest BCUT2D eigenvalue weighted by atomic mass is 10.1. The Balaban J connectivity index is 1.36. The minimum Gasteiger partial charge on any atom is -0.356 e. The maximum atomic E-state index is 12.6. The van der Waals surface area contributed by atoms with Crippen molar-refractivity contribution in [2.24, 2.45) is 4.99 Å². The van der Waals surface area contributed by atoms with Gasteiger partial charge in [-0.2, -0.15) is 13.2 Å². The molecule has 2 aromatic rings. The SMILES string of the molecule is CN=C(NCCCC(=O)N1Cc2ccccc2C1)NCc1ccc(C(F)(F)F)cc1. The molecule has 0 atom stereocenters. The van der Waals surface area contributed by atoms with E-state index in [-0.39, 0.29) is 5.91 Å². The number of aliphatic imine (C=N–C) groups is 1. The first-order chi connectivity index (χ1) is 14.4. The van der Waals surface area contributed by atoms with Gasteiger partial charge in [0.2, 0.25) is 5.91 Å². The molecule has 1 amide bonds. The summed E-state index contributed by atoms with van der Waals surface area (Å²) in [5, 5.41) is 6.19. The van der Waals surface area contributed by atoms with Crippen molar-refractivity contribution in [2.75, 3.05) is 13.6 Å². The fourth-order valence-corrected chi connectivity index (χ4v) is 3.33. The summed E-state index contributed by atoms with van der Waals surface area (Å²) >= 11 is 0. The van der Waals surface area contributed by atoms with Crippen molar-refractivity contribution >= 4 is 11.9 Å². The van der Waals surface area contributed by atoms with Gasteiger partial charge in [0.25, 0.3) is 0 Å². The van der Waals surface area contributed by atoms with Crippen LogP contribution >= 0.6 is 0 Å². The Hall–Kier alpha value is -3.03. The number of carbonyl (C=O) groups excluding carboxylic acids is 1. The molecular formula is C22H25F3N4O. The zero-order chi connectivity index (χ0) is 21.6. The summed E-state index contributed by atoms with van der Waals surface area (Å²) in [5.41, 5.74) is 2.46. The molecule has 0 saturated carbocycles. The molecule has 1 aliphatic heterocycles. The lowest BCUT2D eigenvalue weighted by molar-refractivity contribution is -0.137. The second-order valence-corrected chi connectivity index (χ2v) is 7.17. The number of alkyl halides is 3. The van der Waals surface area contributed by atoms with Gasteiger partial charge in [0.05, 0.1) is 5.56 Å². The number of benzene rings is 2. The highest BCUT2D eigenvalue weighted by atomic mass is 19.4. The van der Waals surface area contributed by atoms with Gasteiger partial charge in [-0.1, -0.05) is 36.4 Å². The molecule has 1 heterocycles. The minimum atomic E-state index is -4.33. The van der Waals surface area contributed by atoms with Crippen molar-refractivity contribution in [2.45, 2.75) is 38.7 Å². The molecule has 2 N–H and O–H groups in total. The second-order valence-electron chi connectivity index (χ2n) is 7.17. The second kappa shape index (κ2) is 9.65. The van der Waals surface area contributed by atoms with E-state index in [0.29, 0.717) is 45.0 Å². The highest BCUT2D eigenvalue weighted by Gasteiger charge is 2.29. The fourth-order valence-electron chi connectivity index (χ4n) is 3.33. The Bertz CT molecular complexity index is 869. The highest BCUT2D eigenvalue weighted by Crippen LogP contribution is 2.29. The first kappa shape index (κ1) is 21.7. The summed E-state index contributed by atoms with van der Waals surface area (Å²) in [7, 11) is 1.62. The predicted molar refractivity (Wildman–Crippen MR) is 110 cm³/mol. The molecule has 5 nitrogen and oxygen atoms in total. The molecule has 160 valence electrons. The highest BCUT2D eigenvalue weighted by molar-refractivity contribution is 5.80. The summed E-state index contributed by atoms with van der Waals surface area (Å²) in [4.78, 5) is 18.4. The maximum Gasteiger partial charge on any atom is 0.416 e. The third-order valence-electron chi connectivity index (χ3n) is 5.02. The van der Waals surface area contributed by atoms with E-state index in [4.69, 9.17) is 0 Å². The monoisotopic (exact) mass is 418 g/mol. The fraction of sp³-hybridized carbons (Fsp3) is 0.364. The Kier molecular flexibility index (Phi) is 6.97. The number of carbonyl (C=O) groups is 1.